The Morgan fingerprint density at radius 1 is 1.17 bits per heavy atom. The molecular formula is C13H20N2O3. The molecule has 0 saturated heterocycles. The van der Waals surface area contributed by atoms with E-state index in [-0.39, 0.29) is 11.9 Å². The third-order valence-electron chi connectivity index (χ3n) is 4.04. The predicted octanol–water partition coefficient (Wildman–Crippen LogP) is 1.43. The van der Waals surface area contributed by atoms with Gasteiger partial charge in [0.1, 0.15) is 6.04 Å². The average Bonchev–Trinajstić information content (AvgIpc) is 3.11. The lowest BCUT2D eigenvalue weighted by molar-refractivity contribution is -0.139. The number of carboxylic acids is 1. The zero-order valence-corrected chi connectivity index (χ0v) is 10.5. The van der Waals surface area contributed by atoms with E-state index in [1.54, 1.807) is 0 Å². The third-order valence-corrected chi connectivity index (χ3v) is 4.04. The molecule has 0 aromatic carbocycles. The van der Waals surface area contributed by atoms with E-state index in [1.165, 1.54) is 12.8 Å². The van der Waals surface area contributed by atoms with Crippen molar-refractivity contribution in [1.82, 2.24) is 10.2 Å². The quantitative estimate of drug-likeness (QED) is 0.751. The third kappa shape index (κ3) is 2.76. The van der Waals surface area contributed by atoms with Gasteiger partial charge in [-0.25, -0.2) is 9.59 Å². The van der Waals surface area contributed by atoms with E-state index in [1.807, 2.05) is 4.90 Å². The molecule has 3 fully saturated rings. The lowest BCUT2D eigenvalue weighted by Gasteiger charge is -2.25. The molecule has 0 spiro atoms. The summed E-state index contributed by atoms with van der Waals surface area (Å²) in [5, 5.41) is 11.8. The zero-order chi connectivity index (χ0) is 12.7. The van der Waals surface area contributed by atoms with Crippen LogP contribution in [0.5, 0.6) is 0 Å². The highest BCUT2D eigenvalue weighted by Gasteiger charge is 2.41. The summed E-state index contributed by atoms with van der Waals surface area (Å²) in [4.78, 5) is 25.2. The van der Waals surface area contributed by atoms with Crippen molar-refractivity contribution in [3.05, 3.63) is 0 Å². The van der Waals surface area contributed by atoms with Crippen LogP contribution >= 0.6 is 0 Å². The Labute approximate surface area is 107 Å². The number of rotatable bonds is 6. The second-order valence-corrected chi connectivity index (χ2v) is 5.93. The number of amides is 2. The van der Waals surface area contributed by atoms with Crippen molar-refractivity contribution in [2.45, 2.75) is 50.6 Å². The summed E-state index contributed by atoms with van der Waals surface area (Å²) in [7, 11) is 0. The number of nitrogens with one attached hydrogen (secondary N) is 1. The van der Waals surface area contributed by atoms with Crippen molar-refractivity contribution in [3.8, 4) is 0 Å². The Morgan fingerprint density at radius 3 is 2.28 bits per heavy atom. The van der Waals surface area contributed by atoms with Crippen LogP contribution in [0.2, 0.25) is 0 Å². The normalized spacial score (nSPS) is 24.4. The summed E-state index contributed by atoms with van der Waals surface area (Å²) in [6.07, 6.45) is 6.40. The molecule has 1 atom stereocenters. The Hall–Kier alpha value is -1.26. The number of carbonyl (C=O) groups excluding carboxylic acids is 1. The van der Waals surface area contributed by atoms with Crippen LogP contribution in [0.1, 0.15) is 38.5 Å². The first-order valence-corrected chi connectivity index (χ1v) is 6.95. The van der Waals surface area contributed by atoms with E-state index in [9.17, 15) is 9.59 Å². The smallest absolute Gasteiger partial charge is 0.326 e. The molecule has 0 heterocycles. The number of hydrogen-bond acceptors (Lipinski definition) is 2. The SMILES string of the molecule is O=C(O)C(NC(=O)N(CC1CC1)C1CC1)C1CC1. The summed E-state index contributed by atoms with van der Waals surface area (Å²) < 4.78 is 0. The van der Waals surface area contributed by atoms with E-state index < -0.39 is 12.0 Å². The number of carbonyl (C=O) groups is 2. The summed E-state index contributed by atoms with van der Waals surface area (Å²) in [6, 6.07) is -0.485. The van der Waals surface area contributed by atoms with Crippen LogP contribution in [0.25, 0.3) is 0 Å². The van der Waals surface area contributed by atoms with Gasteiger partial charge in [-0.05, 0) is 50.4 Å². The molecule has 3 saturated carbocycles. The van der Waals surface area contributed by atoms with Gasteiger partial charge in [-0.15, -0.1) is 0 Å². The molecule has 0 aromatic rings. The van der Waals surface area contributed by atoms with Crippen molar-refractivity contribution in [2.75, 3.05) is 6.54 Å². The topological polar surface area (TPSA) is 69.6 Å². The first kappa shape index (κ1) is 11.8. The molecule has 3 aliphatic rings. The fourth-order valence-electron chi connectivity index (χ4n) is 2.39. The Bertz CT molecular complexity index is 359. The van der Waals surface area contributed by atoms with E-state index in [0.717, 1.165) is 32.2 Å². The van der Waals surface area contributed by atoms with Crippen molar-refractivity contribution in [3.63, 3.8) is 0 Å². The number of urea groups is 1. The highest BCUT2D eigenvalue weighted by atomic mass is 16.4. The molecule has 5 heteroatoms. The van der Waals surface area contributed by atoms with Crippen LogP contribution in [0.4, 0.5) is 4.79 Å². The van der Waals surface area contributed by atoms with E-state index in [2.05, 4.69) is 5.32 Å². The number of hydrogen-bond donors (Lipinski definition) is 2. The summed E-state index contributed by atoms with van der Waals surface area (Å²) in [6.45, 7) is 0.813. The van der Waals surface area contributed by atoms with E-state index >= 15 is 0 Å². The van der Waals surface area contributed by atoms with Gasteiger partial charge in [-0.1, -0.05) is 0 Å². The molecule has 0 bridgehead atoms. The summed E-state index contributed by atoms with van der Waals surface area (Å²) in [5.41, 5.74) is 0. The molecule has 2 amide bonds. The minimum atomic E-state index is -0.895. The van der Waals surface area contributed by atoms with Gasteiger partial charge in [-0.3, -0.25) is 0 Å². The number of carboxylic acid groups (broad SMARTS) is 1. The highest BCUT2D eigenvalue weighted by Crippen LogP contribution is 2.36. The van der Waals surface area contributed by atoms with Gasteiger partial charge in [0.2, 0.25) is 0 Å². The Morgan fingerprint density at radius 2 is 1.83 bits per heavy atom. The maximum Gasteiger partial charge on any atom is 0.326 e. The molecule has 2 N–H and O–H groups in total. The van der Waals surface area contributed by atoms with Crippen molar-refractivity contribution in [1.29, 1.82) is 0 Å². The van der Waals surface area contributed by atoms with Gasteiger partial charge in [-0.2, -0.15) is 0 Å². The first-order valence-electron chi connectivity index (χ1n) is 6.95. The zero-order valence-electron chi connectivity index (χ0n) is 10.5. The predicted molar refractivity (Wildman–Crippen MR) is 65.1 cm³/mol. The molecule has 18 heavy (non-hydrogen) atoms. The van der Waals surface area contributed by atoms with Crippen LogP contribution in [-0.2, 0) is 4.79 Å². The van der Waals surface area contributed by atoms with Crippen LogP contribution in [0, 0.1) is 11.8 Å². The molecule has 3 rings (SSSR count). The first-order chi connectivity index (χ1) is 8.65. The maximum atomic E-state index is 12.2. The summed E-state index contributed by atoms with van der Waals surface area (Å²) in [5.74, 6) is -0.0954. The average molecular weight is 252 g/mol. The maximum absolute atomic E-state index is 12.2. The Kier molecular flexibility index (Phi) is 2.92. The standard InChI is InChI=1S/C13H20N2O3/c16-12(17)11(9-3-4-9)14-13(18)15(10-5-6-10)7-8-1-2-8/h8-11H,1-7H2,(H,14,18)(H,16,17). The molecule has 3 aliphatic carbocycles. The van der Waals surface area contributed by atoms with Gasteiger partial charge < -0.3 is 15.3 Å². The second kappa shape index (κ2) is 4.44. The molecule has 0 aromatic heterocycles. The van der Waals surface area contributed by atoms with Crippen molar-refractivity contribution < 1.29 is 14.7 Å². The van der Waals surface area contributed by atoms with Gasteiger partial charge >= 0.3 is 12.0 Å². The van der Waals surface area contributed by atoms with E-state index in [4.69, 9.17) is 5.11 Å². The fourth-order valence-corrected chi connectivity index (χ4v) is 2.39. The van der Waals surface area contributed by atoms with Gasteiger partial charge in [0.15, 0.2) is 0 Å². The molecule has 0 radical (unpaired) electrons. The molecular weight excluding hydrogens is 232 g/mol. The molecule has 1 unspecified atom stereocenters. The van der Waals surface area contributed by atoms with Crippen LogP contribution < -0.4 is 5.32 Å². The monoisotopic (exact) mass is 252 g/mol. The lowest BCUT2D eigenvalue weighted by Crippen LogP contribution is -2.50. The number of aliphatic carboxylic acids is 1. The van der Waals surface area contributed by atoms with Gasteiger partial charge in [0.05, 0.1) is 0 Å². The Balaban J connectivity index is 1.58. The summed E-state index contributed by atoms with van der Waals surface area (Å²) >= 11 is 0. The minimum Gasteiger partial charge on any atom is -0.480 e. The lowest BCUT2D eigenvalue weighted by atomic mass is 10.2. The second-order valence-electron chi connectivity index (χ2n) is 5.93. The van der Waals surface area contributed by atoms with Gasteiger partial charge in [0, 0.05) is 12.6 Å². The van der Waals surface area contributed by atoms with Crippen LogP contribution in [0.15, 0.2) is 0 Å². The van der Waals surface area contributed by atoms with Crippen molar-refractivity contribution in [2.24, 2.45) is 11.8 Å². The molecule has 5 nitrogen and oxygen atoms in total. The highest BCUT2D eigenvalue weighted by molar-refractivity contribution is 5.83. The van der Waals surface area contributed by atoms with Crippen LogP contribution in [-0.4, -0.2) is 40.6 Å². The van der Waals surface area contributed by atoms with Gasteiger partial charge in [0.25, 0.3) is 0 Å². The molecule has 0 aliphatic heterocycles. The largest absolute Gasteiger partial charge is 0.480 e. The van der Waals surface area contributed by atoms with Crippen LogP contribution in [0.3, 0.4) is 0 Å². The number of nitrogens with zero attached hydrogens (tertiary/aromatic N) is 1. The molecule has 100 valence electrons. The van der Waals surface area contributed by atoms with Crippen molar-refractivity contribution >= 4 is 12.0 Å². The fraction of sp³-hybridized carbons (Fsp3) is 0.846. The van der Waals surface area contributed by atoms with E-state index in [0.29, 0.717) is 12.0 Å². The minimum absolute atomic E-state index is 0.147.